The Labute approximate surface area is 158 Å². The number of rotatable bonds is 4. The average Bonchev–Trinajstić information content (AvgIpc) is 3.23. The summed E-state index contributed by atoms with van der Waals surface area (Å²) in [7, 11) is 0. The molecule has 3 saturated heterocycles. The molecule has 27 heavy (non-hydrogen) atoms. The van der Waals surface area contributed by atoms with Crippen molar-refractivity contribution in [2.45, 2.75) is 44.3 Å². The predicted octanol–water partition coefficient (Wildman–Crippen LogP) is 2.28. The largest absolute Gasteiger partial charge is 0.369 e. The monoisotopic (exact) mass is 372 g/mol. The van der Waals surface area contributed by atoms with Crippen LogP contribution in [0.25, 0.3) is 0 Å². The second kappa shape index (κ2) is 6.03. The topological polar surface area (TPSA) is 58.6 Å². The van der Waals surface area contributed by atoms with Gasteiger partial charge in [-0.2, -0.15) is 0 Å². The summed E-state index contributed by atoms with van der Waals surface area (Å²) >= 11 is 0. The van der Waals surface area contributed by atoms with Gasteiger partial charge in [0, 0.05) is 30.8 Å². The van der Waals surface area contributed by atoms with Gasteiger partial charge in [-0.1, -0.05) is 12.1 Å². The van der Waals surface area contributed by atoms with Gasteiger partial charge >= 0.3 is 0 Å². The quantitative estimate of drug-likeness (QED) is 0.882. The van der Waals surface area contributed by atoms with Crippen LogP contribution in [0.15, 0.2) is 18.2 Å². The molecule has 2 bridgehead atoms. The number of halogens is 1. The molecule has 0 radical (unpaired) electrons. The van der Waals surface area contributed by atoms with Gasteiger partial charge in [-0.15, -0.1) is 0 Å². The third kappa shape index (κ3) is 2.68. The first-order chi connectivity index (χ1) is 13.0. The van der Waals surface area contributed by atoms with E-state index in [9.17, 15) is 14.0 Å². The van der Waals surface area contributed by atoms with E-state index in [0.717, 1.165) is 32.2 Å². The Morgan fingerprint density at radius 1 is 1.33 bits per heavy atom. The molecule has 1 aromatic carbocycles. The lowest BCUT2D eigenvalue weighted by Gasteiger charge is -2.29. The standard InChI is InChI=1S/C21H25FN2O3/c1-12-3-2-4-14(18(12)22)19(25)23-9-15-16-10-24(20(26)13-5-6-13)11-21(16)8-7-17(15)27-21/h2-4,13,15-17H,5-11H2,1H3,(H,23,25)/t15-,16+,17+,21+/m0/s1. The summed E-state index contributed by atoms with van der Waals surface area (Å²) < 4.78 is 20.5. The molecule has 1 saturated carbocycles. The van der Waals surface area contributed by atoms with E-state index in [1.807, 2.05) is 4.90 Å². The van der Waals surface area contributed by atoms with Gasteiger partial charge in [-0.25, -0.2) is 4.39 Å². The average molecular weight is 372 g/mol. The highest BCUT2D eigenvalue weighted by molar-refractivity contribution is 5.94. The molecular weight excluding hydrogens is 347 g/mol. The Kier molecular flexibility index (Phi) is 3.83. The number of carbonyl (C=O) groups is 2. The van der Waals surface area contributed by atoms with E-state index in [1.165, 1.54) is 6.07 Å². The second-order valence-electron chi connectivity index (χ2n) is 8.67. The number of carbonyl (C=O) groups excluding carboxylic acids is 2. The highest BCUT2D eigenvalue weighted by Crippen LogP contribution is 2.55. The number of aryl methyl sites for hydroxylation is 1. The van der Waals surface area contributed by atoms with Gasteiger partial charge in [0.1, 0.15) is 5.82 Å². The van der Waals surface area contributed by atoms with Crippen molar-refractivity contribution in [1.29, 1.82) is 0 Å². The highest BCUT2D eigenvalue weighted by atomic mass is 19.1. The molecular formula is C21H25FN2O3. The minimum absolute atomic E-state index is 0.0887. The smallest absolute Gasteiger partial charge is 0.254 e. The molecule has 6 heteroatoms. The van der Waals surface area contributed by atoms with Crippen molar-refractivity contribution in [2.75, 3.05) is 19.6 Å². The van der Waals surface area contributed by atoms with Crippen LogP contribution in [-0.2, 0) is 9.53 Å². The number of ether oxygens (including phenoxy) is 1. The Hall–Kier alpha value is -1.95. The summed E-state index contributed by atoms with van der Waals surface area (Å²) in [5.74, 6) is 0.110. The van der Waals surface area contributed by atoms with E-state index in [-0.39, 0.29) is 46.8 Å². The molecule has 0 unspecified atom stereocenters. The van der Waals surface area contributed by atoms with Crippen LogP contribution in [-0.4, -0.2) is 48.1 Å². The van der Waals surface area contributed by atoms with Crippen molar-refractivity contribution in [1.82, 2.24) is 10.2 Å². The fraction of sp³-hybridized carbons (Fsp3) is 0.619. The molecule has 1 aromatic rings. The van der Waals surface area contributed by atoms with Crippen molar-refractivity contribution in [3.05, 3.63) is 35.1 Å². The van der Waals surface area contributed by atoms with Crippen molar-refractivity contribution in [3.8, 4) is 0 Å². The molecule has 1 N–H and O–H groups in total. The van der Waals surface area contributed by atoms with Gasteiger partial charge in [0.05, 0.1) is 23.8 Å². The molecule has 4 fully saturated rings. The molecule has 2 amide bonds. The van der Waals surface area contributed by atoms with Gasteiger partial charge in [-0.3, -0.25) is 9.59 Å². The minimum atomic E-state index is -0.460. The SMILES string of the molecule is Cc1cccc(C(=O)NC[C@H]2[C@H]3CN(C(=O)C4CC4)C[C@]34CC[C@H]2O4)c1F. The van der Waals surface area contributed by atoms with Gasteiger partial charge in [0.2, 0.25) is 5.91 Å². The first-order valence-electron chi connectivity index (χ1n) is 9.98. The van der Waals surface area contributed by atoms with Crippen LogP contribution in [0.4, 0.5) is 4.39 Å². The van der Waals surface area contributed by atoms with E-state index >= 15 is 0 Å². The van der Waals surface area contributed by atoms with Crippen molar-refractivity contribution in [2.24, 2.45) is 17.8 Å². The van der Waals surface area contributed by atoms with E-state index in [1.54, 1.807) is 19.1 Å². The first kappa shape index (κ1) is 17.2. The minimum Gasteiger partial charge on any atom is -0.369 e. The van der Waals surface area contributed by atoms with Crippen LogP contribution in [0.1, 0.15) is 41.6 Å². The van der Waals surface area contributed by atoms with Crippen LogP contribution >= 0.6 is 0 Å². The lowest BCUT2D eigenvalue weighted by atomic mass is 9.73. The molecule has 144 valence electrons. The van der Waals surface area contributed by atoms with Crippen LogP contribution < -0.4 is 5.32 Å². The van der Waals surface area contributed by atoms with Crippen molar-refractivity contribution < 1.29 is 18.7 Å². The maximum absolute atomic E-state index is 14.2. The fourth-order valence-corrected chi connectivity index (χ4v) is 5.35. The molecule has 5 rings (SSSR count). The molecule has 5 nitrogen and oxygen atoms in total. The summed E-state index contributed by atoms with van der Waals surface area (Å²) in [4.78, 5) is 27.0. The number of hydrogen-bond acceptors (Lipinski definition) is 3. The Morgan fingerprint density at radius 2 is 2.15 bits per heavy atom. The Balaban J connectivity index is 1.28. The van der Waals surface area contributed by atoms with Crippen LogP contribution in [0.3, 0.4) is 0 Å². The van der Waals surface area contributed by atoms with E-state index in [0.29, 0.717) is 18.7 Å². The number of nitrogens with zero attached hydrogens (tertiary/aromatic N) is 1. The molecule has 0 aromatic heterocycles. The number of hydrogen-bond donors (Lipinski definition) is 1. The zero-order chi connectivity index (χ0) is 18.8. The maximum Gasteiger partial charge on any atom is 0.254 e. The molecule has 3 aliphatic heterocycles. The van der Waals surface area contributed by atoms with Gasteiger partial charge < -0.3 is 15.0 Å². The number of likely N-dealkylation sites (tertiary alicyclic amines) is 1. The van der Waals surface area contributed by atoms with E-state index < -0.39 is 5.82 Å². The predicted molar refractivity (Wildman–Crippen MR) is 96.6 cm³/mol. The summed E-state index contributed by atoms with van der Waals surface area (Å²) in [5.41, 5.74) is 0.333. The fourth-order valence-electron chi connectivity index (χ4n) is 5.35. The molecule has 4 aliphatic rings. The van der Waals surface area contributed by atoms with Crippen LogP contribution in [0.5, 0.6) is 0 Å². The van der Waals surface area contributed by atoms with Crippen molar-refractivity contribution >= 4 is 11.8 Å². The first-order valence-corrected chi connectivity index (χ1v) is 9.98. The second-order valence-corrected chi connectivity index (χ2v) is 8.67. The molecule has 3 heterocycles. The molecule has 1 spiro atoms. The number of amides is 2. The van der Waals surface area contributed by atoms with Crippen molar-refractivity contribution in [3.63, 3.8) is 0 Å². The van der Waals surface area contributed by atoms with E-state index in [4.69, 9.17) is 4.74 Å². The van der Waals surface area contributed by atoms with Crippen LogP contribution in [0.2, 0.25) is 0 Å². The molecule has 1 aliphatic carbocycles. The maximum atomic E-state index is 14.2. The summed E-state index contributed by atoms with van der Waals surface area (Å²) in [6.45, 7) is 3.55. The third-order valence-corrected chi connectivity index (χ3v) is 6.96. The third-order valence-electron chi connectivity index (χ3n) is 6.96. The lowest BCUT2D eigenvalue weighted by Crippen LogP contribution is -2.42. The van der Waals surface area contributed by atoms with Gasteiger partial charge in [0.15, 0.2) is 0 Å². The normalized spacial score (nSPS) is 34.0. The van der Waals surface area contributed by atoms with Crippen LogP contribution in [0, 0.1) is 30.5 Å². The van der Waals surface area contributed by atoms with Gasteiger partial charge in [0.25, 0.3) is 5.91 Å². The summed E-state index contributed by atoms with van der Waals surface area (Å²) in [6, 6.07) is 4.87. The lowest BCUT2D eigenvalue weighted by molar-refractivity contribution is -0.133. The zero-order valence-corrected chi connectivity index (χ0v) is 15.5. The van der Waals surface area contributed by atoms with Gasteiger partial charge in [-0.05, 0) is 44.2 Å². The summed E-state index contributed by atoms with van der Waals surface area (Å²) in [5, 5.41) is 2.92. The zero-order valence-electron chi connectivity index (χ0n) is 15.5. The van der Waals surface area contributed by atoms with E-state index in [2.05, 4.69) is 5.32 Å². The Morgan fingerprint density at radius 3 is 2.93 bits per heavy atom. The molecule has 4 atom stereocenters. The highest BCUT2D eigenvalue weighted by Gasteiger charge is 2.63. The summed E-state index contributed by atoms with van der Waals surface area (Å²) in [6.07, 6.45) is 4.13. The number of nitrogens with one attached hydrogen (secondary N) is 1. The Bertz CT molecular complexity index is 809. The number of fused-ring (bicyclic) bond motifs is 1. The number of benzene rings is 1.